The maximum absolute atomic E-state index is 14.4. The number of amides is 4. The fourth-order valence-electron chi connectivity index (χ4n) is 6.35. The minimum Gasteiger partial charge on any atom is -0.472 e. The first-order valence-electron chi connectivity index (χ1n) is 17.8. The average Bonchev–Trinajstić information content (AvgIpc) is 3.88. The van der Waals surface area contributed by atoms with Crippen molar-refractivity contribution in [2.75, 3.05) is 13.2 Å². The number of fused-ring (bicyclic) bond motifs is 3. The van der Waals surface area contributed by atoms with Crippen LogP contribution in [0, 0.1) is 0 Å². The van der Waals surface area contributed by atoms with E-state index >= 15 is 0 Å². The topological polar surface area (TPSA) is 190 Å². The Hall–Kier alpha value is -5.05. The Morgan fingerprint density at radius 2 is 1.94 bits per heavy atom. The van der Waals surface area contributed by atoms with Crippen LogP contribution in [-0.4, -0.2) is 90.0 Å². The third-order valence-corrected chi connectivity index (χ3v) is 11.1. The Balaban J connectivity index is 1.49. The number of cyclic esters (lactones) is 1. The van der Waals surface area contributed by atoms with Crippen molar-refractivity contribution >= 4 is 56.5 Å². The fraction of sp³-hybridized carbons (Fsp3) is 0.474. The first-order valence-corrected chi connectivity index (χ1v) is 19.4. The third-order valence-electron chi connectivity index (χ3n) is 9.31. The maximum atomic E-state index is 14.4. The van der Waals surface area contributed by atoms with Crippen molar-refractivity contribution in [3.63, 3.8) is 0 Å². The standard InChI is InChI=1S/C38H47N5O9S/c1-5-17-38(4,36(47)42-53(49,50)29-13-14-29)41-33(45)32-22-28-23-43(32)35(46)31(15-12-27(44)20-24(2)3)40-37(48)51-19-8-6-7-9-25-10-11-26-16-18-39-34(52-28)30(26)21-25/h5,7,9-11,16,18,20-21,28-29,31-32H,1,6,8,12-15,17,19,22-23H2,2-4H3,(H,40,48)(H,41,45)(H,42,47)/b9-7+/t28-,31+,32+,38+/m1/s1. The van der Waals surface area contributed by atoms with Gasteiger partial charge in [-0.15, -0.1) is 6.58 Å². The van der Waals surface area contributed by atoms with Gasteiger partial charge in [-0.25, -0.2) is 18.2 Å². The number of carbonyl (C=O) groups excluding carboxylic acids is 5. The van der Waals surface area contributed by atoms with E-state index in [1.807, 2.05) is 36.4 Å². The molecular formula is C38H47N5O9S. The van der Waals surface area contributed by atoms with Crippen LogP contribution in [0.5, 0.6) is 5.88 Å². The zero-order chi connectivity index (χ0) is 38.3. The lowest BCUT2D eigenvalue weighted by Gasteiger charge is -2.33. The maximum Gasteiger partial charge on any atom is 0.407 e. The number of aromatic nitrogens is 1. The van der Waals surface area contributed by atoms with Gasteiger partial charge in [0, 0.05) is 24.4 Å². The van der Waals surface area contributed by atoms with E-state index in [2.05, 4.69) is 26.9 Å². The summed E-state index contributed by atoms with van der Waals surface area (Å²) < 4.78 is 39.2. The number of sulfonamides is 1. The molecule has 15 heteroatoms. The van der Waals surface area contributed by atoms with Gasteiger partial charge in [-0.05, 0) is 88.5 Å². The summed E-state index contributed by atoms with van der Waals surface area (Å²) in [5, 5.41) is 6.20. The molecule has 4 atom stereocenters. The summed E-state index contributed by atoms with van der Waals surface area (Å²) in [7, 11) is -3.94. The molecule has 1 aliphatic carbocycles. The van der Waals surface area contributed by atoms with Crippen molar-refractivity contribution in [1.82, 2.24) is 25.2 Å². The van der Waals surface area contributed by atoms with E-state index in [4.69, 9.17) is 9.47 Å². The lowest BCUT2D eigenvalue weighted by Crippen LogP contribution is -2.61. The van der Waals surface area contributed by atoms with E-state index in [-0.39, 0.29) is 44.6 Å². The van der Waals surface area contributed by atoms with E-state index in [0.717, 1.165) is 21.9 Å². The van der Waals surface area contributed by atoms with Crippen LogP contribution in [0.25, 0.3) is 16.8 Å². The highest BCUT2D eigenvalue weighted by Gasteiger charge is 2.47. The van der Waals surface area contributed by atoms with Gasteiger partial charge in [-0.1, -0.05) is 35.9 Å². The second-order valence-corrected chi connectivity index (χ2v) is 16.1. The number of ketones is 1. The normalized spacial score (nSPS) is 22.5. The largest absolute Gasteiger partial charge is 0.472 e. The van der Waals surface area contributed by atoms with Crippen LogP contribution in [0.1, 0.15) is 77.7 Å². The van der Waals surface area contributed by atoms with Crippen molar-refractivity contribution in [1.29, 1.82) is 0 Å². The number of nitrogens with zero attached hydrogens (tertiary/aromatic N) is 2. The van der Waals surface area contributed by atoms with Gasteiger partial charge < -0.3 is 25.0 Å². The van der Waals surface area contributed by atoms with Crippen molar-refractivity contribution < 1.29 is 41.9 Å². The number of pyridine rings is 1. The molecule has 3 heterocycles. The zero-order valence-electron chi connectivity index (χ0n) is 30.3. The van der Waals surface area contributed by atoms with E-state index in [1.54, 1.807) is 20.0 Å². The van der Waals surface area contributed by atoms with Crippen LogP contribution in [-0.2, 0) is 33.9 Å². The monoisotopic (exact) mass is 749 g/mol. The summed E-state index contributed by atoms with van der Waals surface area (Å²) in [5.74, 6) is -2.31. The SMILES string of the molecule is C=CC[C@](C)(NC(=O)[C@@H]1C[C@@H]2CN1C(=O)[C@H](CCC(=O)C=C(C)C)NC(=O)OCCC/C=C/c1ccc3ccnc(c3c1)O2)C(=O)NS(=O)(=O)C1CC1. The molecule has 1 saturated carbocycles. The number of benzene rings is 1. The molecule has 284 valence electrons. The Labute approximate surface area is 309 Å². The zero-order valence-corrected chi connectivity index (χ0v) is 31.1. The number of alkyl carbamates (subject to hydrolysis) is 1. The highest BCUT2D eigenvalue weighted by Crippen LogP contribution is 2.31. The van der Waals surface area contributed by atoms with Crippen LogP contribution in [0.4, 0.5) is 4.79 Å². The minimum atomic E-state index is -3.94. The predicted molar refractivity (Wildman–Crippen MR) is 198 cm³/mol. The molecule has 14 nitrogen and oxygen atoms in total. The molecule has 3 N–H and O–H groups in total. The van der Waals surface area contributed by atoms with Crippen molar-refractivity contribution in [3.8, 4) is 5.88 Å². The van der Waals surface area contributed by atoms with Crippen molar-refractivity contribution in [2.45, 2.75) is 101 Å². The molecule has 4 amide bonds. The minimum absolute atomic E-state index is 0.0325. The molecule has 1 aromatic carbocycles. The number of carbonyl (C=O) groups is 5. The van der Waals surface area contributed by atoms with E-state index in [0.29, 0.717) is 31.6 Å². The Kier molecular flexibility index (Phi) is 12.4. The summed E-state index contributed by atoms with van der Waals surface area (Å²) in [4.78, 5) is 73.4. The molecule has 0 radical (unpaired) electrons. The summed E-state index contributed by atoms with van der Waals surface area (Å²) in [6.45, 7) is 8.57. The Bertz CT molecular complexity index is 1940. The smallest absolute Gasteiger partial charge is 0.407 e. The van der Waals surface area contributed by atoms with Gasteiger partial charge in [-0.2, -0.15) is 0 Å². The number of hydrogen-bond acceptors (Lipinski definition) is 10. The van der Waals surface area contributed by atoms with E-state index in [9.17, 15) is 32.4 Å². The quantitative estimate of drug-likeness (QED) is 0.225. The van der Waals surface area contributed by atoms with Gasteiger partial charge in [0.15, 0.2) is 5.78 Å². The third kappa shape index (κ3) is 10.1. The summed E-state index contributed by atoms with van der Waals surface area (Å²) >= 11 is 0. The van der Waals surface area contributed by atoms with Crippen LogP contribution in [0.2, 0.25) is 0 Å². The molecule has 2 aliphatic heterocycles. The first-order chi connectivity index (χ1) is 25.2. The van der Waals surface area contributed by atoms with Gasteiger partial charge in [0.1, 0.15) is 23.7 Å². The molecule has 2 fully saturated rings. The predicted octanol–water partition coefficient (Wildman–Crippen LogP) is 3.86. The van der Waals surface area contributed by atoms with Crippen LogP contribution in [0.15, 0.2) is 60.8 Å². The molecule has 5 rings (SSSR count). The molecule has 4 bridgehead atoms. The molecule has 1 aromatic heterocycles. The molecular weight excluding hydrogens is 703 g/mol. The van der Waals surface area contributed by atoms with Crippen LogP contribution >= 0.6 is 0 Å². The van der Waals surface area contributed by atoms with Gasteiger partial charge in [-0.3, -0.25) is 23.9 Å². The molecule has 0 unspecified atom stereocenters. The summed E-state index contributed by atoms with van der Waals surface area (Å²) in [6.07, 6.45) is 8.40. The lowest BCUT2D eigenvalue weighted by atomic mass is 9.96. The lowest BCUT2D eigenvalue weighted by molar-refractivity contribution is -0.142. The average molecular weight is 750 g/mol. The number of ether oxygens (including phenoxy) is 2. The second kappa shape index (κ2) is 16.7. The van der Waals surface area contributed by atoms with Gasteiger partial charge in [0.2, 0.25) is 27.7 Å². The molecule has 0 spiro atoms. The number of rotatable bonds is 11. The fourth-order valence-corrected chi connectivity index (χ4v) is 7.75. The second-order valence-electron chi connectivity index (χ2n) is 14.2. The number of allylic oxidation sites excluding steroid dienone is 3. The van der Waals surface area contributed by atoms with Crippen LogP contribution in [0.3, 0.4) is 0 Å². The highest BCUT2D eigenvalue weighted by atomic mass is 32.2. The number of nitrogens with one attached hydrogen (secondary N) is 3. The Morgan fingerprint density at radius 1 is 1.17 bits per heavy atom. The van der Waals surface area contributed by atoms with Gasteiger partial charge in [0.05, 0.1) is 18.4 Å². The molecule has 3 aliphatic rings. The first kappa shape index (κ1) is 39.2. The van der Waals surface area contributed by atoms with Gasteiger partial charge in [0.25, 0.3) is 5.91 Å². The van der Waals surface area contributed by atoms with E-state index < -0.39 is 62.8 Å². The summed E-state index contributed by atoms with van der Waals surface area (Å²) in [5.41, 5.74) is -0.0842. The molecule has 2 aromatic rings. The van der Waals surface area contributed by atoms with E-state index in [1.165, 1.54) is 24.0 Å². The van der Waals surface area contributed by atoms with Crippen LogP contribution < -0.4 is 20.1 Å². The van der Waals surface area contributed by atoms with Crippen molar-refractivity contribution in [3.05, 3.63) is 66.4 Å². The number of hydrogen-bond donors (Lipinski definition) is 3. The molecule has 1 saturated heterocycles. The molecule has 53 heavy (non-hydrogen) atoms. The summed E-state index contributed by atoms with van der Waals surface area (Å²) in [6, 6.07) is 5.18. The van der Waals surface area contributed by atoms with Crippen molar-refractivity contribution in [2.24, 2.45) is 0 Å². The highest BCUT2D eigenvalue weighted by molar-refractivity contribution is 7.91. The Morgan fingerprint density at radius 3 is 2.66 bits per heavy atom. The van der Waals surface area contributed by atoms with Gasteiger partial charge >= 0.3 is 6.09 Å².